The van der Waals surface area contributed by atoms with Crippen molar-refractivity contribution >= 4 is 23.4 Å². The van der Waals surface area contributed by atoms with Crippen LogP contribution in [0.2, 0.25) is 0 Å². The van der Waals surface area contributed by atoms with Gasteiger partial charge in [-0.15, -0.1) is 13.9 Å². The highest BCUT2D eigenvalue weighted by molar-refractivity contribution is 6.20. The molecule has 0 bridgehead atoms. The van der Waals surface area contributed by atoms with Crippen molar-refractivity contribution in [1.29, 1.82) is 0 Å². The minimum atomic E-state index is -3.79. The maximum atomic E-state index is 12.4. The molecule has 0 aliphatic carbocycles. The maximum absolute atomic E-state index is 12.4. The average Bonchev–Trinajstić information content (AvgIpc) is 2.75. The average molecular weight is 265 g/mol. The van der Waals surface area contributed by atoms with Crippen LogP contribution < -0.4 is 10.1 Å². The molecular weight excluding hydrogens is 258 g/mol. The largest absolute Gasteiger partial charge is 0.488 e. The molecule has 0 saturated heterocycles. The Morgan fingerprint density at radius 1 is 1.59 bits per heavy atom. The summed E-state index contributed by atoms with van der Waals surface area (Å²) in [6.07, 6.45) is 1.29. The van der Waals surface area contributed by atoms with Gasteiger partial charge >= 0.3 is 5.57 Å². The lowest BCUT2D eigenvalue weighted by Crippen LogP contribution is -2.16. The first-order valence-electron chi connectivity index (χ1n) is 4.36. The Kier molecular flexibility index (Phi) is 2.84. The van der Waals surface area contributed by atoms with Crippen LogP contribution in [-0.2, 0) is 7.05 Å². The van der Waals surface area contributed by atoms with E-state index in [2.05, 4.69) is 41.9 Å². The Hall–Kier alpha value is -1.90. The van der Waals surface area contributed by atoms with Crippen molar-refractivity contribution in [3.05, 3.63) is 12.4 Å². The Labute approximate surface area is 98.7 Å². The van der Waals surface area contributed by atoms with Gasteiger partial charge in [0, 0.05) is 24.7 Å². The molecule has 0 spiro atoms. The van der Waals surface area contributed by atoms with Crippen LogP contribution in [0.1, 0.15) is 0 Å². The van der Waals surface area contributed by atoms with Crippen molar-refractivity contribution in [2.75, 3.05) is 5.32 Å². The quantitative estimate of drug-likeness (QED) is 0.817. The zero-order chi connectivity index (χ0) is 12.5. The molecule has 0 atom stereocenters. The fourth-order valence-electron chi connectivity index (χ4n) is 1.11. The van der Waals surface area contributed by atoms with Crippen LogP contribution in [-0.4, -0.2) is 30.5 Å². The Bertz CT molecular complexity index is 493. The number of anilines is 2. The Balaban J connectivity index is 2.14. The van der Waals surface area contributed by atoms with E-state index in [9.17, 15) is 8.78 Å². The number of alkyl halides is 3. The van der Waals surface area contributed by atoms with Crippen molar-refractivity contribution in [2.24, 2.45) is 7.05 Å². The molecule has 7 nitrogen and oxygen atoms in total. The molecule has 0 aliphatic rings. The van der Waals surface area contributed by atoms with Gasteiger partial charge in [-0.25, -0.2) is 9.78 Å². The number of hydrogen-bond acceptors (Lipinski definition) is 5. The molecule has 0 saturated carbocycles. The number of hydrogen-bond donors (Lipinski definition) is 2. The van der Waals surface area contributed by atoms with Gasteiger partial charge in [-0.3, -0.25) is 0 Å². The molecule has 2 rings (SSSR count). The van der Waals surface area contributed by atoms with Crippen LogP contribution >= 0.6 is 11.6 Å². The van der Waals surface area contributed by atoms with Crippen molar-refractivity contribution in [1.82, 2.24) is 25.0 Å². The lowest BCUT2D eigenvalue weighted by Gasteiger charge is -2.05. The van der Waals surface area contributed by atoms with E-state index in [1.807, 2.05) is 0 Å². The zero-order valence-corrected chi connectivity index (χ0v) is 9.24. The molecule has 2 aromatic heterocycles. The number of H-pyrrole nitrogens is 1. The van der Waals surface area contributed by atoms with E-state index in [1.165, 1.54) is 24.1 Å². The van der Waals surface area contributed by atoms with E-state index in [1.54, 1.807) is 0 Å². The molecule has 2 heterocycles. The summed E-state index contributed by atoms with van der Waals surface area (Å²) in [5, 5.41) is 12.6. The number of aromatic nitrogens is 5. The highest BCUT2D eigenvalue weighted by Gasteiger charge is 2.29. The van der Waals surface area contributed by atoms with Crippen LogP contribution in [0.15, 0.2) is 12.4 Å². The van der Waals surface area contributed by atoms with Gasteiger partial charge in [0.15, 0.2) is 0 Å². The van der Waals surface area contributed by atoms with E-state index >= 15 is 0 Å². The summed E-state index contributed by atoms with van der Waals surface area (Å²) in [7, 11) is 1.54. The molecule has 0 radical (unpaired) electrons. The molecule has 0 aromatic carbocycles. The SMILES string of the molecule is Cn1nc(OC(F)(F)Cl)cc1Nc1ncn[nH]1. The van der Waals surface area contributed by atoms with Crippen molar-refractivity contribution in [2.45, 2.75) is 5.57 Å². The van der Waals surface area contributed by atoms with Crippen LogP contribution in [0.25, 0.3) is 0 Å². The topological polar surface area (TPSA) is 80.7 Å². The lowest BCUT2D eigenvalue weighted by molar-refractivity contribution is -0.0993. The Morgan fingerprint density at radius 2 is 2.35 bits per heavy atom. The van der Waals surface area contributed by atoms with Gasteiger partial charge in [0.25, 0.3) is 0 Å². The second-order valence-electron chi connectivity index (χ2n) is 3.00. The van der Waals surface area contributed by atoms with Crippen molar-refractivity contribution < 1.29 is 13.5 Å². The van der Waals surface area contributed by atoms with E-state index < -0.39 is 5.57 Å². The third-order valence-corrected chi connectivity index (χ3v) is 1.82. The van der Waals surface area contributed by atoms with Crippen LogP contribution in [0.3, 0.4) is 0 Å². The minimum Gasteiger partial charge on any atom is -0.400 e. The summed E-state index contributed by atoms with van der Waals surface area (Å²) in [6, 6.07) is 1.25. The third-order valence-electron chi connectivity index (χ3n) is 1.74. The summed E-state index contributed by atoms with van der Waals surface area (Å²) in [5.74, 6) is 0.421. The number of aromatic amines is 1. The molecule has 0 amide bonds. The highest BCUT2D eigenvalue weighted by Crippen LogP contribution is 2.26. The first-order chi connectivity index (χ1) is 7.94. The molecule has 0 fully saturated rings. The van der Waals surface area contributed by atoms with E-state index in [0.717, 1.165) is 0 Å². The van der Waals surface area contributed by atoms with Crippen molar-refractivity contribution in [3.63, 3.8) is 0 Å². The molecule has 0 aliphatic heterocycles. The second kappa shape index (κ2) is 4.17. The molecular formula is C7H7ClF2N6O. The smallest absolute Gasteiger partial charge is 0.400 e. The summed E-state index contributed by atoms with van der Waals surface area (Å²) in [6.45, 7) is 0. The number of rotatable bonds is 4. The predicted molar refractivity (Wildman–Crippen MR) is 54.3 cm³/mol. The summed E-state index contributed by atoms with van der Waals surface area (Å²) in [5.41, 5.74) is -3.79. The van der Waals surface area contributed by atoms with Gasteiger partial charge in [-0.2, -0.15) is 10.1 Å². The van der Waals surface area contributed by atoms with Gasteiger partial charge in [-0.05, 0) is 0 Å². The normalized spacial score (nSPS) is 11.5. The number of halogens is 3. The molecule has 92 valence electrons. The van der Waals surface area contributed by atoms with E-state index in [0.29, 0.717) is 11.8 Å². The summed E-state index contributed by atoms with van der Waals surface area (Å²) < 4.78 is 30.1. The maximum Gasteiger partial charge on any atom is 0.488 e. The van der Waals surface area contributed by atoms with Crippen molar-refractivity contribution in [3.8, 4) is 5.88 Å². The number of aryl methyl sites for hydroxylation is 1. The van der Waals surface area contributed by atoms with Gasteiger partial charge in [0.2, 0.25) is 11.8 Å². The number of nitrogens with zero attached hydrogens (tertiary/aromatic N) is 4. The van der Waals surface area contributed by atoms with Crippen LogP contribution in [0.4, 0.5) is 20.5 Å². The second-order valence-corrected chi connectivity index (χ2v) is 3.44. The Morgan fingerprint density at radius 3 is 2.94 bits per heavy atom. The van der Waals surface area contributed by atoms with E-state index in [4.69, 9.17) is 0 Å². The fourth-order valence-corrected chi connectivity index (χ4v) is 1.19. The van der Waals surface area contributed by atoms with Gasteiger partial charge in [-0.1, -0.05) is 0 Å². The zero-order valence-electron chi connectivity index (χ0n) is 8.49. The predicted octanol–water partition coefficient (Wildman–Crippen LogP) is 1.45. The number of nitrogens with one attached hydrogen (secondary N) is 2. The van der Waals surface area contributed by atoms with Crippen LogP contribution in [0.5, 0.6) is 5.88 Å². The first-order valence-corrected chi connectivity index (χ1v) is 4.74. The van der Waals surface area contributed by atoms with Crippen LogP contribution in [0, 0.1) is 0 Å². The molecule has 17 heavy (non-hydrogen) atoms. The molecule has 10 heteroatoms. The van der Waals surface area contributed by atoms with Gasteiger partial charge < -0.3 is 10.1 Å². The summed E-state index contributed by atoms with van der Waals surface area (Å²) >= 11 is 4.62. The minimum absolute atomic E-state index is 0.311. The fraction of sp³-hybridized carbons (Fsp3) is 0.286. The lowest BCUT2D eigenvalue weighted by atomic mass is 10.6. The first kappa shape index (κ1) is 11.6. The van der Waals surface area contributed by atoms with E-state index in [-0.39, 0.29) is 5.88 Å². The van der Waals surface area contributed by atoms with Gasteiger partial charge in [0.1, 0.15) is 12.1 Å². The molecule has 2 N–H and O–H groups in total. The summed E-state index contributed by atoms with van der Waals surface area (Å²) in [4.78, 5) is 3.80. The van der Waals surface area contributed by atoms with Gasteiger partial charge in [0.05, 0.1) is 0 Å². The molecule has 0 unspecified atom stereocenters. The monoisotopic (exact) mass is 264 g/mol. The number of ether oxygens (including phenoxy) is 1. The highest BCUT2D eigenvalue weighted by atomic mass is 35.5. The standard InChI is InChI=1S/C7H7ClF2N6O/c1-16-4(13-6-11-3-12-14-6)2-5(15-16)17-7(8,9)10/h2-3H,1H3,(H2,11,12,13,14). The molecule has 2 aromatic rings. The third kappa shape index (κ3) is 3.03.